The summed E-state index contributed by atoms with van der Waals surface area (Å²) in [4.78, 5) is 13.3. The van der Waals surface area contributed by atoms with Crippen LogP contribution in [0.25, 0.3) is 0 Å². The van der Waals surface area contributed by atoms with Gasteiger partial charge in [-0.25, -0.2) is 0 Å². The Morgan fingerprint density at radius 3 is 2.63 bits per heavy atom. The van der Waals surface area contributed by atoms with E-state index in [1.807, 2.05) is 6.07 Å². The number of nitrogens with zero attached hydrogens (tertiary/aromatic N) is 1. The summed E-state index contributed by atoms with van der Waals surface area (Å²) in [6, 6.07) is 10.5. The largest absolute Gasteiger partial charge is 0.481 e. The SMILES string of the molecule is CC1(C)CC(CC(=O)O)CCN1Cc1ccccc1. The fraction of sp³-hybridized carbons (Fsp3) is 0.562. The van der Waals surface area contributed by atoms with Crippen molar-refractivity contribution in [3.63, 3.8) is 0 Å². The van der Waals surface area contributed by atoms with E-state index in [0.29, 0.717) is 12.3 Å². The lowest BCUT2D eigenvalue weighted by Gasteiger charge is -2.45. The third kappa shape index (κ3) is 3.80. The number of rotatable bonds is 4. The Morgan fingerprint density at radius 1 is 1.37 bits per heavy atom. The molecule has 2 rings (SSSR count). The van der Waals surface area contributed by atoms with Gasteiger partial charge in [0.15, 0.2) is 0 Å². The van der Waals surface area contributed by atoms with E-state index in [0.717, 1.165) is 25.9 Å². The normalized spacial score (nSPS) is 23.2. The number of carboxylic acids is 1. The number of aliphatic carboxylic acids is 1. The first-order valence-corrected chi connectivity index (χ1v) is 6.98. The molecule has 1 aromatic rings. The summed E-state index contributed by atoms with van der Waals surface area (Å²) in [5.41, 5.74) is 1.40. The van der Waals surface area contributed by atoms with Crippen LogP contribution in [-0.2, 0) is 11.3 Å². The van der Waals surface area contributed by atoms with Crippen molar-refractivity contribution in [3.8, 4) is 0 Å². The molecule has 1 heterocycles. The Kier molecular flexibility index (Phi) is 4.25. The zero-order valence-corrected chi connectivity index (χ0v) is 11.8. The molecule has 0 spiro atoms. The van der Waals surface area contributed by atoms with Gasteiger partial charge in [0.1, 0.15) is 0 Å². The number of benzene rings is 1. The third-order valence-electron chi connectivity index (χ3n) is 4.13. The average molecular weight is 261 g/mol. The minimum Gasteiger partial charge on any atom is -0.481 e. The molecule has 0 bridgehead atoms. The molecule has 1 aliphatic heterocycles. The molecular weight excluding hydrogens is 238 g/mol. The smallest absolute Gasteiger partial charge is 0.303 e. The maximum atomic E-state index is 10.8. The second kappa shape index (κ2) is 5.74. The number of hydrogen-bond donors (Lipinski definition) is 1. The van der Waals surface area contributed by atoms with Crippen LogP contribution in [0.15, 0.2) is 30.3 Å². The van der Waals surface area contributed by atoms with Gasteiger partial charge in [0.2, 0.25) is 0 Å². The van der Waals surface area contributed by atoms with Gasteiger partial charge >= 0.3 is 5.97 Å². The summed E-state index contributed by atoms with van der Waals surface area (Å²) in [5, 5.41) is 8.92. The lowest BCUT2D eigenvalue weighted by molar-refractivity contribution is -0.139. The monoisotopic (exact) mass is 261 g/mol. The van der Waals surface area contributed by atoms with E-state index in [2.05, 4.69) is 43.0 Å². The topological polar surface area (TPSA) is 40.5 Å². The van der Waals surface area contributed by atoms with Crippen molar-refractivity contribution in [2.75, 3.05) is 6.54 Å². The highest BCUT2D eigenvalue weighted by Gasteiger charge is 2.35. The predicted molar refractivity (Wildman–Crippen MR) is 75.9 cm³/mol. The first kappa shape index (κ1) is 14.1. The van der Waals surface area contributed by atoms with Crippen LogP contribution < -0.4 is 0 Å². The third-order valence-corrected chi connectivity index (χ3v) is 4.13. The number of carboxylic acid groups (broad SMARTS) is 1. The van der Waals surface area contributed by atoms with Gasteiger partial charge in [-0.2, -0.15) is 0 Å². The van der Waals surface area contributed by atoms with Gasteiger partial charge < -0.3 is 5.11 Å². The zero-order chi connectivity index (χ0) is 13.9. The van der Waals surface area contributed by atoms with Gasteiger partial charge in [0.05, 0.1) is 0 Å². The minimum atomic E-state index is -0.669. The van der Waals surface area contributed by atoms with Crippen LogP contribution in [0.4, 0.5) is 0 Å². The molecule has 0 saturated carbocycles. The summed E-state index contributed by atoms with van der Waals surface area (Å²) in [6.07, 6.45) is 2.26. The summed E-state index contributed by atoms with van der Waals surface area (Å²) in [7, 11) is 0. The van der Waals surface area contributed by atoms with Gasteiger partial charge in [0, 0.05) is 18.5 Å². The molecule has 1 unspecified atom stereocenters. The zero-order valence-electron chi connectivity index (χ0n) is 11.8. The molecule has 1 aliphatic rings. The number of piperidine rings is 1. The number of hydrogen-bond acceptors (Lipinski definition) is 2. The first-order chi connectivity index (χ1) is 8.97. The number of likely N-dealkylation sites (tertiary alicyclic amines) is 1. The fourth-order valence-electron chi connectivity index (χ4n) is 3.10. The Morgan fingerprint density at radius 2 is 2.05 bits per heavy atom. The van der Waals surface area contributed by atoms with Gasteiger partial charge in [-0.1, -0.05) is 30.3 Å². The molecule has 1 fully saturated rings. The molecule has 3 heteroatoms. The first-order valence-electron chi connectivity index (χ1n) is 6.98. The quantitative estimate of drug-likeness (QED) is 0.905. The second-order valence-corrected chi connectivity index (χ2v) is 6.18. The highest BCUT2D eigenvalue weighted by molar-refractivity contribution is 5.67. The van der Waals surface area contributed by atoms with E-state index >= 15 is 0 Å². The Balaban J connectivity index is 1.98. The molecule has 0 radical (unpaired) electrons. The molecule has 19 heavy (non-hydrogen) atoms. The lowest BCUT2D eigenvalue weighted by atomic mass is 9.81. The molecule has 1 saturated heterocycles. The average Bonchev–Trinajstić information content (AvgIpc) is 2.33. The summed E-state index contributed by atoms with van der Waals surface area (Å²) >= 11 is 0. The second-order valence-electron chi connectivity index (χ2n) is 6.18. The van der Waals surface area contributed by atoms with Crippen molar-refractivity contribution >= 4 is 5.97 Å². The highest BCUT2D eigenvalue weighted by atomic mass is 16.4. The van der Waals surface area contributed by atoms with E-state index in [4.69, 9.17) is 5.11 Å². The van der Waals surface area contributed by atoms with Crippen molar-refractivity contribution in [1.29, 1.82) is 0 Å². The van der Waals surface area contributed by atoms with E-state index in [1.165, 1.54) is 5.56 Å². The van der Waals surface area contributed by atoms with Crippen LogP contribution in [-0.4, -0.2) is 28.1 Å². The molecule has 1 N–H and O–H groups in total. The molecule has 0 aliphatic carbocycles. The van der Waals surface area contributed by atoms with E-state index in [1.54, 1.807) is 0 Å². The standard InChI is InChI=1S/C16H23NO2/c1-16(2)11-14(10-15(18)19)8-9-17(16)12-13-6-4-3-5-7-13/h3-7,14H,8-12H2,1-2H3,(H,18,19). The fourth-order valence-corrected chi connectivity index (χ4v) is 3.10. The molecule has 3 nitrogen and oxygen atoms in total. The maximum absolute atomic E-state index is 10.8. The van der Waals surface area contributed by atoms with Crippen LogP contribution in [0.3, 0.4) is 0 Å². The Labute approximate surface area is 115 Å². The molecule has 0 aromatic heterocycles. The Hall–Kier alpha value is -1.35. The molecule has 104 valence electrons. The summed E-state index contributed by atoms with van der Waals surface area (Å²) < 4.78 is 0. The molecule has 0 amide bonds. The van der Waals surface area contributed by atoms with E-state index in [9.17, 15) is 4.79 Å². The lowest BCUT2D eigenvalue weighted by Crippen LogP contribution is -2.49. The molecule has 1 aromatic carbocycles. The van der Waals surface area contributed by atoms with Gasteiger partial charge in [-0.3, -0.25) is 9.69 Å². The van der Waals surface area contributed by atoms with Gasteiger partial charge in [-0.05, 0) is 44.7 Å². The van der Waals surface area contributed by atoms with Gasteiger partial charge in [0.25, 0.3) is 0 Å². The van der Waals surface area contributed by atoms with Crippen LogP contribution in [0.5, 0.6) is 0 Å². The van der Waals surface area contributed by atoms with Crippen LogP contribution in [0, 0.1) is 5.92 Å². The van der Waals surface area contributed by atoms with Gasteiger partial charge in [-0.15, -0.1) is 0 Å². The number of carbonyl (C=O) groups is 1. The van der Waals surface area contributed by atoms with Crippen molar-refractivity contribution in [2.24, 2.45) is 5.92 Å². The predicted octanol–water partition coefficient (Wildman–Crippen LogP) is 3.15. The van der Waals surface area contributed by atoms with Crippen molar-refractivity contribution in [1.82, 2.24) is 4.90 Å². The van der Waals surface area contributed by atoms with Crippen molar-refractivity contribution < 1.29 is 9.90 Å². The van der Waals surface area contributed by atoms with Crippen LogP contribution in [0.2, 0.25) is 0 Å². The summed E-state index contributed by atoms with van der Waals surface area (Å²) in [5.74, 6) is -0.350. The Bertz CT molecular complexity index is 428. The van der Waals surface area contributed by atoms with Crippen molar-refractivity contribution in [2.45, 2.75) is 45.2 Å². The summed E-state index contributed by atoms with van der Waals surface area (Å²) in [6.45, 7) is 6.39. The van der Waals surface area contributed by atoms with E-state index < -0.39 is 5.97 Å². The molecular formula is C16H23NO2. The highest BCUT2D eigenvalue weighted by Crippen LogP contribution is 2.34. The minimum absolute atomic E-state index is 0.0776. The molecule has 1 atom stereocenters. The van der Waals surface area contributed by atoms with E-state index in [-0.39, 0.29) is 5.54 Å². The van der Waals surface area contributed by atoms with Crippen LogP contribution >= 0.6 is 0 Å². The van der Waals surface area contributed by atoms with Crippen molar-refractivity contribution in [3.05, 3.63) is 35.9 Å². The maximum Gasteiger partial charge on any atom is 0.303 e. The van der Waals surface area contributed by atoms with Crippen LogP contribution in [0.1, 0.15) is 38.7 Å².